The van der Waals surface area contributed by atoms with Gasteiger partial charge in [0.15, 0.2) is 0 Å². The van der Waals surface area contributed by atoms with E-state index in [0.29, 0.717) is 23.5 Å². The van der Waals surface area contributed by atoms with Crippen molar-refractivity contribution >= 4 is 31.6 Å². The van der Waals surface area contributed by atoms with Crippen LogP contribution in [-0.4, -0.2) is 25.8 Å². The van der Waals surface area contributed by atoms with Gasteiger partial charge in [-0.2, -0.15) is 4.31 Å². The van der Waals surface area contributed by atoms with Crippen molar-refractivity contribution in [1.82, 2.24) is 4.31 Å². The van der Waals surface area contributed by atoms with Crippen LogP contribution in [0.4, 0.5) is 10.1 Å². The third-order valence-corrected chi connectivity index (χ3v) is 6.25. The molecule has 1 aromatic carbocycles. The maximum absolute atomic E-state index is 14.0. The number of anilines is 1. The summed E-state index contributed by atoms with van der Waals surface area (Å²) in [5, 5.41) is 0. The van der Waals surface area contributed by atoms with E-state index in [4.69, 9.17) is 5.73 Å². The minimum absolute atomic E-state index is 0.216. The maximum atomic E-state index is 14.0. The summed E-state index contributed by atoms with van der Waals surface area (Å²) in [6, 6.07) is 2.28. The Kier molecular flexibility index (Phi) is 4.71. The van der Waals surface area contributed by atoms with Gasteiger partial charge in [-0.25, -0.2) is 12.8 Å². The molecule has 0 saturated carbocycles. The Labute approximate surface area is 127 Å². The van der Waals surface area contributed by atoms with Gasteiger partial charge in [-0.1, -0.05) is 6.92 Å². The molecule has 1 aliphatic rings. The first-order valence-electron chi connectivity index (χ1n) is 6.57. The van der Waals surface area contributed by atoms with Gasteiger partial charge < -0.3 is 5.73 Å². The molecule has 0 bridgehead atoms. The van der Waals surface area contributed by atoms with Gasteiger partial charge in [0.25, 0.3) is 0 Å². The molecule has 1 fully saturated rings. The van der Waals surface area contributed by atoms with E-state index in [2.05, 4.69) is 22.9 Å². The average Bonchev–Trinajstić information content (AvgIpc) is 2.59. The van der Waals surface area contributed by atoms with Crippen LogP contribution in [0.3, 0.4) is 0 Å². The van der Waals surface area contributed by atoms with Gasteiger partial charge >= 0.3 is 0 Å². The molecule has 0 aliphatic carbocycles. The Morgan fingerprint density at radius 3 is 2.75 bits per heavy atom. The molecule has 2 rings (SSSR count). The molecular formula is C13H18BrFN2O2S. The highest BCUT2D eigenvalue weighted by Gasteiger charge is 2.29. The molecule has 1 saturated heterocycles. The van der Waals surface area contributed by atoms with E-state index in [1.165, 1.54) is 10.4 Å². The van der Waals surface area contributed by atoms with Crippen molar-refractivity contribution in [3.05, 3.63) is 22.4 Å². The maximum Gasteiger partial charge on any atom is 0.246 e. The van der Waals surface area contributed by atoms with Crippen LogP contribution in [0.25, 0.3) is 0 Å². The Morgan fingerprint density at radius 2 is 2.05 bits per heavy atom. The van der Waals surface area contributed by atoms with E-state index >= 15 is 0 Å². The van der Waals surface area contributed by atoms with Crippen molar-refractivity contribution in [2.24, 2.45) is 5.92 Å². The third kappa shape index (κ3) is 3.15. The summed E-state index contributed by atoms with van der Waals surface area (Å²) < 4.78 is 40.8. The normalized spacial score (nSPS) is 21.6. The predicted molar refractivity (Wildman–Crippen MR) is 80.3 cm³/mol. The molecule has 1 aromatic rings. The lowest BCUT2D eigenvalue weighted by molar-refractivity contribution is 0.413. The van der Waals surface area contributed by atoms with Crippen molar-refractivity contribution in [2.75, 3.05) is 18.8 Å². The van der Waals surface area contributed by atoms with Gasteiger partial charge in [0.1, 0.15) is 10.7 Å². The van der Waals surface area contributed by atoms with Crippen LogP contribution in [0.1, 0.15) is 26.2 Å². The van der Waals surface area contributed by atoms with Crippen LogP contribution in [-0.2, 0) is 10.0 Å². The van der Waals surface area contributed by atoms with Gasteiger partial charge in [0.2, 0.25) is 10.0 Å². The largest absolute Gasteiger partial charge is 0.398 e. The Bertz CT molecular complexity index is 607. The first kappa shape index (κ1) is 15.7. The van der Waals surface area contributed by atoms with Gasteiger partial charge in [-0.05, 0) is 53.2 Å². The molecule has 7 heteroatoms. The zero-order chi connectivity index (χ0) is 14.9. The van der Waals surface area contributed by atoms with E-state index < -0.39 is 15.8 Å². The predicted octanol–water partition coefficient (Wildman–Crippen LogP) is 2.98. The summed E-state index contributed by atoms with van der Waals surface area (Å²) in [6.45, 7) is 2.97. The highest BCUT2D eigenvalue weighted by molar-refractivity contribution is 9.10. The minimum atomic E-state index is -3.82. The van der Waals surface area contributed by atoms with Crippen LogP contribution in [0.5, 0.6) is 0 Å². The lowest BCUT2D eigenvalue weighted by Crippen LogP contribution is -2.32. The number of rotatable bonds is 2. The van der Waals surface area contributed by atoms with Crippen molar-refractivity contribution in [3.63, 3.8) is 0 Å². The Morgan fingerprint density at radius 1 is 1.35 bits per heavy atom. The molecule has 0 aromatic heterocycles. The Balaban J connectivity index is 2.37. The highest BCUT2D eigenvalue weighted by atomic mass is 79.9. The second-order valence-electron chi connectivity index (χ2n) is 5.24. The van der Waals surface area contributed by atoms with E-state index in [1.54, 1.807) is 0 Å². The molecule has 4 nitrogen and oxygen atoms in total. The summed E-state index contributed by atoms with van der Waals surface area (Å²) in [7, 11) is -3.82. The molecule has 1 atom stereocenters. The second-order valence-corrected chi connectivity index (χ2v) is 8.00. The van der Waals surface area contributed by atoms with E-state index in [0.717, 1.165) is 25.3 Å². The minimum Gasteiger partial charge on any atom is -0.398 e. The van der Waals surface area contributed by atoms with Crippen molar-refractivity contribution in [2.45, 2.75) is 31.1 Å². The van der Waals surface area contributed by atoms with E-state index in [-0.39, 0.29) is 10.6 Å². The molecule has 0 radical (unpaired) electrons. The zero-order valence-electron chi connectivity index (χ0n) is 11.3. The molecule has 20 heavy (non-hydrogen) atoms. The van der Waals surface area contributed by atoms with E-state index in [1.807, 2.05) is 0 Å². The quantitative estimate of drug-likeness (QED) is 0.820. The fourth-order valence-corrected chi connectivity index (χ4v) is 4.25. The van der Waals surface area contributed by atoms with Gasteiger partial charge in [-0.3, -0.25) is 0 Å². The van der Waals surface area contributed by atoms with Gasteiger partial charge in [0, 0.05) is 23.2 Å². The summed E-state index contributed by atoms with van der Waals surface area (Å²) >= 11 is 3.09. The summed E-state index contributed by atoms with van der Waals surface area (Å²) in [5.74, 6) is -0.279. The number of nitrogens with zero attached hydrogens (tertiary/aromatic N) is 1. The molecule has 1 heterocycles. The third-order valence-electron chi connectivity index (χ3n) is 3.64. The second kappa shape index (κ2) is 5.99. The molecule has 1 unspecified atom stereocenters. The number of benzene rings is 1. The highest BCUT2D eigenvalue weighted by Crippen LogP contribution is 2.29. The van der Waals surface area contributed by atoms with Gasteiger partial charge in [0.05, 0.1) is 0 Å². The van der Waals surface area contributed by atoms with Crippen molar-refractivity contribution in [1.29, 1.82) is 0 Å². The molecule has 0 spiro atoms. The van der Waals surface area contributed by atoms with Gasteiger partial charge in [-0.15, -0.1) is 0 Å². The molecule has 1 aliphatic heterocycles. The van der Waals surface area contributed by atoms with Crippen LogP contribution in [0.2, 0.25) is 0 Å². The number of sulfonamides is 1. The molecule has 0 amide bonds. The first-order valence-corrected chi connectivity index (χ1v) is 8.80. The van der Waals surface area contributed by atoms with Crippen LogP contribution in [0.15, 0.2) is 21.5 Å². The molecule has 2 N–H and O–H groups in total. The Hall–Kier alpha value is -0.660. The lowest BCUT2D eigenvalue weighted by atomic mass is 10.0. The summed E-state index contributed by atoms with van der Waals surface area (Å²) in [6.07, 6.45) is 2.60. The number of nitrogens with two attached hydrogens (primary N) is 1. The number of nitrogen functional groups attached to an aromatic ring is 1. The number of hydrogen-bond donors (Lipinski definition) is 1. The SMILES string of the molecule is CC1CCCN(S(=O)(=O)c2cc(N)c(Br)cc2F)CC1. The van der Waals surface area contributed by atoms with Crippen LogP contribution in [0, 0.1) is 11.7 Å². The number of halogens is 2. The average molecular weight is 365 g/mol. The fourth-order valence-electron chi connectivity index (χ4n) is 2.36. The van der Waals surface area contributed by atoms with Crippen molar-refractivity contribution < 1.29 is 12.8 Å². The van der Waals surface area contributed by atoms with Crippen molar-refractivity contribution in [3.8, 4) is 0 Å². The summed E-state index contributed by atoms with van der Waals surface area (Å²) in [5.41, 5.74) is 5.89. The molecule has 112 valence electrons. The van der Waals surface area contributed by atoms with Crippen LogP contribution >= 0.6 is 15.9 Å². The molecular weight excluding hydrogens is 347 g/mol. The monoisotopic (exact) mass is 364 g/mol. The zero-order valence-corrected chi connectivity index (χ0v) is 13.7. The first-order chi connectivity index (χ1) is 9.32. The summed E-state index contributed by atoms with van der Waals surface area (Å²) in [4.78, 5) is -0.340. The lowest BCUT2D eigenvalue weighted by Gasteiger charge is -2.20. The smallest absolute Gasteiger partial charge is 0.246 e. The van der Waals surface area contributed by atoms with E-state index in [9.17, 15) is 12.8 Å². The van der Waals surface area contributed by atoms with Crippen LogP contribution < -0.4 is 5.73 Å². The standard InChI is InChI=1S/C13H18BrFN2O2S/c1-9-3-2-5-17(6-4-9)20(18,19)13-8-12(16)10(14)7-11(13)15/h7-9H,2-6,16H2,1H3. The topological polar surface area (TPSA) is 63.4 Å². The number of hydrogen-bond acceptors (Lipinski definition) is 3. The fraction of sp³-hybridized carbons (Fsp3) is 0.538.